The standard InChI is InChI=1S/C12H11NO3/c1-8(11(7-13)12(14)15)9-3-5-10(16-2)6-4-9/h3-6H,1-2H3,(H,14,15)/b11-8-. The van der Waals surface area contributed by atoms with Crippen molar-refractivity contribution in [1.82, 2.24) is 0 Å². The van der Waals surface area contributed by atoms with Crippen molar-refractivity contribution in [2.75, 3.05) is 7.11 Å². The summed E-state index contributed by atoms with van der Waals surface area (Å²) in [6.45, 7) is 1.61. The van der Waals surface area contributed by atoms with Crippen LogP contribution in [0.2, 0.25) is 0 Å². The molecule has 0 heterocycles. The van der Waals surface area contributed by atoms with Crippen LogP contribution in [0.4, 0.5) is 0 Å². The topological polar surface area (TPSA) is 70.3 Å². The minimum atomic E-state index is -1.21. The third-order valence-corrected chi connectivity index (χ3v) is 2.22. The van der Waals surface area contributed by atoms with E-state index in [1.165, 1.54) is 0 Å². The van der Waals surface area contributed by atoms with Crippen LogP contribution in [0.1, 0.15) is 12.5 Å². The van der Waals surface area contributed by atoms with Gasteiger partial charge in [0.15, 0.2) is 0 Å². The third-order valence-electron chi connectivity index (χ3n) is 2.22. The Kier molecular flexibility index (Phi) is 3.67. The average molecular weight is 217 g/mol. The van der Waals surface area contributed by atoms with Crippen molar-refractivity contribution >= 4 is 11.5 Å². The molecule has 0 amide bonds. The lowest BCUT2D eigenvalue weighted by Gasteiger charge is -2.04. The summed E-state index contributed by atoms with van der Waals surface area (Å²) in [6.07, 6.45) is 0. The van der Waals surface area contributed by atoms with E-state index in [9.17, 15) is 4.79 Å². The third kappa shape index (κ3) is 2.39. The molecule has 1 rings (SSSR count). The average Bonchev–Trinajstić information content (AvgIpc) is 2.29. The fraction of sp³-hybridized carbons (Fsp3) is 0.167. The molecule has 4 heteroatoms. The molecular weight excluding hydrogens is 206 g/mol. The lowest BCUT2D eigenvalue weighted by atomic mass is 10.0. The Balaban J connectivity index is 3.18. The fourth-order valence-corrected chi connectivity index (χ4v) is 1.28. The van der Waals surface area contributed by atoms with Gasteiger partial charge in [0.05, 0.1) is 7.11 Å². The number of aliphatic carboxylic acids is 1. The largest absolute Gasteiger partial charge is 0.497 e. The molecule has 0 aliphatic rings. The van der Waals surface area contributed by atoms with E-state index in [2.05, 4.69) is 0 Å². The zero-order valence-electron chi connectivity index (χ0n) is 9.02. The van der Waals surface area contributed by atoms with Crippen LogP contribution in [0.5, 0.6) is 5.75 Å². The number of carboxylic acid groups (broad SMARTS) is 1. The van der Waals surface area contributed by atoms with Gasteiger partial charge in [0.1, 0.15) is 17.4 Å². The summed E-state index contributed by atoms with van der Waals surface area (Å²) in [7, 11) is 1.55. The van der Waals surface area contributed by atoms with Gasteiger partial charge in [-0.25, -0.2) is 4.79 Å². The monoisotopic (exact) mass is 217 g/mol. The Bertz CT molecular complexity index is 466. The van der Waals surface area contributed by atoms with Gasteiger partial charge in [-0.3, -0.25) is 0 Å². The van der Waals surface area contributed by atoms with Crippen molar-refractivity contribution in [3.63, 3.8) is 0 Å². The maximum atomic E-state index is 10.8. The van der Waals surface area contributed by atoms with Crippen molar-refractivity contribution in [1.29, 1.82) is 5.26 Å². The van der Waals surface area contributed by atoms with Gasteiger partial charge in [-0.1, -0.05) is 12.1 Å². The van der Waals surface area contributed by atoms with Crippen LogP contribution < -0.4 is 4.74 Å². The molecule has 16 heavy (non-hydrogen) atoms. The molecule has 0 fully saturated rings. The first-order valence-corrected chi connectivity index (χ1v) is 4.59. The second-order valence-corrected chi connectivity index (χ2v) is 3.15. The number of allylic oxidation sites excluding steroid dienone is 1. The van der Waals surface area contributed by atoms with E-state index >= 15 is 0 Å². The number of hydrogen-bond donors (Lipinski definition) is 1. The number of rotatable bonds is 3. The van der Waals surface area contributed by atoms with Crippen molar-refractivity contribution in [3.05, 3.63) is 35.4 Å². The molecular formula is C12H11NO3. The van der Waals surface area contributed by atoms with Gasteiger partial charge in [-0.05, 0) is 30.2 Å². The molecule has 0 spiro atoms. The van der Waals surface area contributed by atoms with Crippen molar-refractivity contribution in [3.8, 4) is 11.8 Å². The van der Waals surface area contributed by atoms with Crippen molar-refractivity contribution in [2.45, 2.75) is 6.92 Å². The predicted molar refractivity (Wildman–Crippen MR) is 58.8 cm³/mol. The molecule has 0 saturated heterocycles. The number of nitriles is 1. The Labute approximate surface area is 93.4 Å². The number of ether oxygens (including phenoxy) is 1. The van der Waals surface area contributed by atoms with Crippen LogP contribution in [0, 0.1) is 11.3 Å². The summed E-state index contributed by atoms with van der Waals surface area (Å²) in [6, 6.07) is 8.55. The number of benzene rings is 1. The minimum Gasteiger partial charge on any atom is -0.497 e. The summed E-state index contributed by atoms with van der Waals surface area (Å²) < 4.78 is 4.99. The summed E-state index contributed by atoms with van der Waals surface area (Å²) in [5.41, 5.74) is 0.891. The quantitative estimate of drug-likeness (QED) is 0.621. The summed E-state index contributed by atoms with van der Waals surface area (Å²) in [5.74, 6) is -0.527. The molecule has 1 N–H and O–H groups in total. The lowest BCUT2D eigenvalue weighted by molar-refractivity contribution is -0.132. The van der Waals surface area contributed by atoms with Gasteiger partial charge >= 0.3 is 5.97 Å². The Hall–Kier alpha value is -2.28. The second kappa shape index (κ2) is 4.99. The molecule has 0 unspecified atom stereocenters. The van der Waals surface area contributed by atoms with Gasteiger partial charge in [0.25, 0.3) is 0 Å². The van der Waals surface area contributed by atoms with E-state index in [-0.39, 0.29) is 5.57 Å². The predicted octanol–water partition coefficient (Wildman–Crippen LogP) is 2.08. The summed E-state index contributed by atoms with van der Waals surface area (Å²) in [4.78, 5) is 10.8. The molecule has 0 bridgehead atoms. The Morgan fingerprint density at radius 3 is 2.31 bits per heavy atom. The smallest absolute Gasteiger partial charge is 0.346 e. The van der Waals surface area contributed by atoms with Crippen molar-refractivity contribution in [2.24, 2.45) is 0 Å². The van der Waals surface area contributed by atoms with E-state index in [1.807, 2.05) is 0 Å². The van der Waals surface area contributed by atoms with Crippen LogP contribution in [-0.4, -0.2) is 18.2 Å². The van der Waals surface area contributed by atoms with E-state index in [4.69, 9.17) is 15.1 Å². The highest BCUT2D eigenvalue weighted by Crippen LogP contribution is 2.21. The molecule has 4 nitrogen and oxygen atoms in total. The highest BCUT2D eigenvalue weighted by Gasteiger charge is 2.11. The highest BCUT2D eigenvalue weighted by atomic mass is 16.5. The molecule has 0 atom stereocenters. The minimum absolute atomic E-state index is 0.245. The first kappa shape index (κ1) is 11.8. The molecule has 1 aromatic carbocycles. The molecule has 0 aliphatic carbocycles. The van der Waals surface area contributed by atoms with Crippen LogP contribution in [0.3, 0.4) is 0 Å². The zero-order chi connectivity index (χ0) is 12.1. The first-order chi connectivity index (χ1) is 7.60. The van der Waals surface area contributed by atoms with Gasteiger partial charge in [0, 0.05) is 0 Å². The van der Waals surface area contributed by atoms with Gasteiger partial charge < -0.3 is 9.84 Å². The molecule has 0 aromatic heterocycles. The SMILES string of the molecule is COc1ccc(/C(C)=C(/C#N)C(=O)O)cc1. The van der Waals surface area contributed by atoms with Crippen molar-refractivity contribution < 1.29 is 14.6 Å². The molecule has 0 radical (unpaired) electrons. The van der Waals surface area contributed by atoms with Crippen LogP contribution in [0.15, 0.2) is 29.8 Å². The molecule has 1 aromatic rings. The summed E-state index contributed by atoms with van der Waals surface area (Å²) in [5, 5.41) is 17.5. The van der Waals surface area contributed by atoms with E-state index in [0.29, 0.717) is 16.9 Å². The van der Waals surface area contributed by atoms with E-state index in [0.717, 1.165) is 0 Å². The lowest BCUT2D eigenvalue weighted by Crippen LogP contribution is -2.00. The first-order valence-electron chi connectivity index (χ1n) is 4.59. The maximum Gasteiger partial charge on any atom is 0.346 e. The normalized spacial score (nSPS) is 11.3. The number of carboxylic acids is 1. The molecule has 0 aliphatic heterocycles. The Morgan fingerprint density at radius 1 is 1.38 bits per heavy atom. The second-order valence-electron chi connectivity index (χ2n) is 3.15. The molecule has 0 saturated carbocycles. The fourth-order valence-electron chi connectivity index (χ4n) is 1.28. The number of nitrogens with zero attached hydrogens (tertiary/aromatic N) is 1. The van der Waals surface area contributed by atoms with E-state index < -0.39 is 5.97 Å². The van der Waals surface area contributed by atoms with Crippen LogP contribution in [0.25, 0.3) is 5.57 Å². The van der Waals surface area contributed by atoms with Gasteiger partial charge in [-0.2, -0.15) is 5.26 Å². The van der Waals surface area contributed by atoms with Gasteiger partial charge in [-0.15, -0.1) is 0 Å². The molecule has 82 valence electrons. The Morgan fingerprint density at radius 2 is 1.94 bits per heavy atom. The summed E-state index contributed by atoms with van der Waals surface area (Å²) >= 11 is 0. The van der Waals surface area contributed by atoms with Gasteiger partial charge in [0.2, 0.25) is 0 Å². The van der Waals surface area contributed by atoms with Crippen LogP contribution >= 0.6 is 0 Å². The number of carbonyl (C=O) groups is 1. The maximum absolute atomic E-state index is 10.8. The number of methoxy groups -OCH3 is 1. The highest BCUT2D eigenvalue weighted by molar-refractivity contribution is 6.00. The number of hydrogen-bond acceptors (Lipinski definition) is 3. The zero-order valence-corrected chi connectivity index (χ0v) is 9.02. The van der Waals surface area contributed by atoms with Crippen LogP contribution in [-0.2, 0) is 4.79 Å². The van der Waals surface area contributed by atoms with E-state index in [1.54, 1.807) is 44.4 Å².